The van der Waals surface area contributed by atoms with Gasteiger partial charge < -0.3 is 10.1 Å². The van der Waals surface area contributed by atoms with Crippen LogP contribution in [0.4, 0.5) is 0 Å². The second-order valence-electron chi connectivity index (χ2n) is 6.28. The van der Waals surface area contributed by atoms with Gasteiger partial charge >= 0.3 is 0 Å². The molecule has 0 heterocycles. The molecular formula is C18H21Cl2NO. The number of ether oxygens (including phenoxy) is 1. The molecule has 22 heavy (non-hydrogen) atoms. The minimum atomic E-state index is 0.114. The van der Waals surface area contributed by atoms with Gasteiger partial charge in [-0.1, -0.05) is 41.4 Å². The van der Waals surface area contributed by atoms with E-state index in [0.29, 0.717) is 16.7 Å². The van der Waals surface area contributed by atoms with E-state index in [0.717, 1.165) is 17.9 Å². The molecule has 0 saturated heterocycles. The highest BCUT2D eigenvalue weighted by Crippen LogP contribution is 2.23. The third-order valence-corrected chi connectivity index (χ3v) is 3.87. The van der Waals surface area contributed by atoms with E-state index in [4.69, 9.17) is 27.9 Å². The Morgan fingerprint density at radius 3 is 2.14 bits per heavy atom. The minimum Gasteiger partial charge on any atom is -0.489 e. The number of hydrogen-bond acceptors (Lipinski definition) is 2. The third-order valence-electron chi connectivity index (χ3n) is 3.14. The van der Waals surface area contributed by atoms with Gasteiger partial charge in [-0.2, -0.15) is 0 Å². The van der Waals surface area contributed by atoms with E-state index in [-0.39, 0.29) is 5.54 Å². The first-order valence-electron chi connectivity index (χ1n) is 7.24. The molecule has 0 bridgehead atoms. The van der Waals surface area contributed by atoms with Crippen molar-refractivity contribution in [2.75, 3.05) is 0 Å². The normalized spacial score (nSPS) is 11.5. The number of hydrogen-bond donors (Lipinski definition) is 1. The monoisotopic (exact) mass is 337 g/mol. The summed E-state index contributed by atoms with van der Waals surface area (Å²) in [6.45, 7) is 7.78. The Morgan fingerprint density at radius 1 is 0.909 bits per heavy atom. The van der Waals surface area contributed by atoms with Gasteiger partial charge in [0.25, 0.3) is 0 Å². The van der Waals surface area contributed by atoms with Crippen molar-refractivity contribution in [3.05, 3.63) is 63.6 Å². The molecule has 0 atom stereocenters. The molecule has 0 aliphatic rings. The summed E-state index contributed by atoms with van der Waals surface area (Å²) >= 11 is 11.9. The van der Waals surface area contributed by atoms with Gasteiger partial charge in [0.2, 0.25) is 0 Å². The summed E-state index contributed by atoms with van der Waals surface area (Å²) in [4.78, 5) is 0. The lowest BCUT2D eigenvalue weighted by atomic mass is 10.1. The highest BCUT2D eigenvalue weighted by atomic mass is 35.5. The van der Waals surface area contributed by atoms with Crippen molar-refractivity contribution >= 4 is 23.2 Å². The van der Waals surface area contributed by atoms with E-state index >= 15 is 0 Å². The Labute approximate surface area is 142 Å². The Bertz CT molecular complexity index is 618. The van der Waals surface area contributed by atoms with E-state index in [9.17, 15) is 0 Å². The van der Waals surface area contributed by atoms with Crippen molar-refractivity contribution in [2.24, 2.45) is 0 Å². The standard InChI is InChI=1S/C18H21Cl2NO/c1-18(2,3)21-11-13-4-7-15(8-5-13)22-12-14-6-9-16(19)17(20)10-14/h4-10,21H,11-12H2,1-3H3. The zero-order valence-corrected chi connectivity index (χ0v) is 14.6. The number of benzene rings is 2. The van der Waals surface area contributed by atoms with E-state index in [1.165, 1.54) is 5.56 Å². The maximum absolute atomic E-state index is 5.99. The van der Waals surface area contributed by atoms with Crippen molar-refractivity contribution in [1.29, 1.82) is 0 Å². The maximum Gasteiger partial charge on any atom is 0.119 e. The summed E-state index contributed by atoms with van der Waals surface area (Å²) in [5.74, 6) is 0.839. The van der Waals surface area contributed by atoms with Crippen molar-refractivity contribution in [2.45, 2.75) is 39.5 Å². The van der Waals surface area contributed by atoms with Crippen LogP contribution in [-0.4, -0.2) is 5.54 Å². The third kappa shape index (κ3) is 5.53. The number of nitrogens with one attached hydrogen (secondary N) is 1. The largest absolute Gasteiger partial charge is 0.489 e. The molecule has 0 aromatic heterocycles. The Balaban J connectivity index is 1.89. The van der Waals surface area contributed by atoms with Crippen LogP contribution < -0.4 is 10.1 Å². The van der Waals surface area contributed by atoms with E-state index in [1.807, 2.05) is 24.3 Å². The summed E-state index contributed by atoms with van der Waals surface area (Å²) in [6, 6.07) is 13.6. The highest BCUT2D eigenvalue weighted by Gasteiger charge is 2.08. The predicted molar refractivity (Wildman–Crippen MR) is 93.8 cm³/mol. The van der Waals surface area contributed by atoms with Gasteiger partial charge in [-0.05, 0) is 56.2 Å². The second-order valence-corrected chi connectivity index (χ2v) is 7.10. The molecule has 2 nitrogen and oxygen atoms in total. The van der Waals surface area contributed by atoms with Crippen LogP contribution >= 0.6 is 23.2 Å². The van der Waals surface area contributed by atoms with Crippen LogP contribution in [0, 0.1) is 0 Å². The van der Waals surface area contributed by atoms with Crippen LogP contribution in [0.3, 0.4) is 0 Å². The minimum absolute atomic E-state index is 0.114. The number of halogens is 2. The van der Waals surface area contributed by atoms with Gasteiger partial charge in [0.05, 0.1) is 10.0 Å². The molecule has 0 aliphatic carbocycles. The molecule has 0 unspecified atom stereocenters. The zero-order chi connectivity index (χ0) is 16.2. The summed E-state index contributed by atoms with van der Waals surface area (Å²) in [5.41, 5.74) is 2.34. The molecule has 1 N–H and O–H groups in total. The first kappa shape index (κ1) is 17.1. The molecule has 0 aliphatic heterocycles. The lowest BCUT2D eigenvalue weighted by molar-refractivity contribution is 0.306. The SMILES string of the molecule is CC(C)(C)NCc1ccc(OCc2ccc(Cl)c(Cl)c2)cc1. The van der Waals surface area contributed by atoms with E-state index < -0.39 is 0 Å². The summed E-state index contributed by atoms with van der Waals surface area (Å²) < 4.78 is 5.77. The fourth-order valence-corrected chi connectivity index (χ4v) is 2.19. The van der Waals surface area contributed by atoms with Gasteiger partial charge in [0.15, 0.2) is 0 Å². The van der Waals surface area contributed by atoms with Crippen molar-refractivity contribution in [3.63, 3.8) is 0 Å². The molecule has 0 saturated carbocycles. The zero-order valence-electron chi connectivity index (χ0n) is 13.1. The van der Waals surface area contributed by atoms with Crippen LogP contribution in [0.1, 0.15) is 31.9 Å². The van der Waals surface area contributed by atoms with Gasteiger partial charge in [-0.15, -0.1) is 0 Å². The molecule has 2 aromatic rings. The van der Waals surface area contributed by atoms with Crippen LogP contribution in [0.2, 0.25) is 10.0 Å². The Hall–Kier alpha value is -1.22. The van der Waals surface area contributed by atoms with Crippen molar-refractivity contribution < 1.29 is 4.74 Å². The highest BCUT2D eigenvalue weighted by molar-refractivity contribution is 6.42. The fourth-order valence-electron chi connectivity index (χ4n) is 1.87. The topological polar surface area (TPSA) is 21.3 Å². The van der Waals surface area contributed by atoms with Crippen LogP contribution in [-0.2, 0) is 13.2 Å². The summed E-state index contributed by atoms with van der Waals surface area (Å²) in [6.07, 6.45) is 0. The average Bonchev–Trinajstić information content (AvgIpc) is 2.47. The van der Waals surface area contributed by atoms with Crippen molar-refractivity contribution in [3.8, 4) is 5.75 Å². The first-order chi connectivity index (χ1) is 10.3. The fraction of sp³-hybridized carbons (Fsp3) is 0.333. The molecule has 0 spiro atoms. The van der Waals surface area contributed by atoms with Crippen LogP contribution in [0.25, 0.3) is 0 Å². The van der Waals surface area contributed by atoms with E-state index in [1.54, 1.807) is 6.07 Å². The second kappa shape index (κ2) is 7.36. The molecule has 118 valence electrons. The van der Waals surface area contributed by atoms with Crippen LogP contribution in [0.5, 0.6) is 5.75 Å². The molecule has 0 fully saturated rings. The molecule has 2 rings (SSSR count). The summed E-state index contributed by atoms with van der Waals surface area (Å²) in [7, 11) is 0. The van der Waals surface area contributed by atoms with Gasteiger partial charge in [0, 0.05) is 12.1 Å². The predicted octanol–water partition coefficient (Wildman–Crippen LogP) is 5.46. The molecule has 0 radical (unpaired) electrons. The maximum atomic E-state index is 5.99. The molecule has 0 amide bonds. The Morgan fingerprint density at radius 2 is 1.55 bits per heavy atom. The molecule has 2 aromatic carbocycles. The average molecular weight is 338 g/mol. The first-order valence-corrected chi connectivity index (χ1v) is 8.00. The molecule has 4 heteroatoms. The Kier molecular flexibility index (Phi) is 5.74. The van der Waals surface area contributed by atoms with Gasteiger partial charge in [0.1, 0.15) is 12.4 Å². The smallest absolute Gasteiger partial charge is 0.119 e. The van der Waals surface area contributed by atoms with Crippen molar-refractivity contribution in [1.82, 2.24) is 5.32 Å². The lowest BCUT2D eigenvalue weighted by Crippen LogP contribution is -2.34. The van der Waals surface area contributed by atoms with Crippen LogP contribution in [0.15, 0.2) is 42.5 Å². The quantitative estimate of drug-likeness (QED) is 0.781. The summed E-state index contributed by atoms with van der Waals surface area (Å²) in [5, 5.41) is 4.56. The molecular weight excluding hydrogens is 317 g/mol. The van der Waals surface area contributed by atoms with Gasteiger partial charge in [-0.3, -0.25) is 0 Å². The van der Waals surface area contributed by atoms with E-state index in [2.05, 4.69) is 38.2 Å². The number of rotatable bonds is 5. The van der Waals surface area contributed by atoms with Gasteiger partial charge in [-0.25, -0.2) is 0 Å². The lowest BCUT2D eigenvalue weighted by Gasteiger charge is -2.20.